The lowest BCUT2D eigenvalue weighted by atomic mass is 10.2. The van der Waals surface area contributed by atoms with Crippen LogP contribution in [-0.2, 0) is 0 Å². The van der Waals surface area contributed by atoms with Crippen molar-refractivity contribution in [2.75, 3.05) is 29.7 Å². The summed E-state index contributed by atoms with van der Waals surface area (Å²) in [5.74, 6) is 1.66. The molecule has 6 heteroatoms. The maximum absolute atomic E-state index is 5.78. The van der Waals surface area contributed by atoms with Crippen molar-refractivity contribution in [2.24, 2.45) is 0 Å². The molecule has 0 amide bonds. The van der Waals surface area contributed by atoms with Crippen molar-refractivity contribution in [1.29, 1.82) is 0 Å². The molecule has 0 radical (unpaired) electrons. The zero-order valence-electron chi connectivity index (χ0n) is 9.72. The Labute approximate surface area is 116 Å². The molecule has 0 unspecified atom stereocenters. The second kappa shape index (κ2) is 6.61. The van der Waals surface area contributed by atoms with Crippen LogP contribution in [0.1, 0.15) is 0 Å². The summed E-state index contributed by atoms with van der Waals surface area (Å²) in [6, 6.07) is 7.88. The summed E-state index contributed by atoms with van der Waals surface area (Å²) in [5, 5.41) is 7.51. The Morgan fingerprint density at radius 3 is 2.22 bits per heavy atom. The Balaban J connectivity index is 2.15. The number of hydrogen-bond donors (Lipinski definition) is 0. The molecule has 0 fully saturated rings. The third-order valence-electron chi connectivity index (χ3n) is 2.55. The molecule has 1 heterocycles. The molecule has 2 rings (SSSR count). The van der Waals surface area contributed by atoms with Crippen LogP contribution in [0.5, 0.6) is 0 Å². The van der Waals surface area contributed by atoms with Crippen molar-refractivity contribution in [3.8, 4) is 11.5 Å². The van der Waals surface area contributed by atoms with E-state index in [0.717, 1.165) is 24.3 Å². The van der Waals surface area contributed by atoms with E-state index >= 15 is 0 Å². The number of hydrogen-bond acceptors (Lipinski definition) is 4. The topological polar surface area (TPSA) is 42.2 Å². The van der Waals surface area contributed by atoms with Crippen LogP contribution in [0.3, 0.4) is 0 Å². The van der Waals surface area contributed by atoms with Crippen molar-refractivity contribution in [1.82, 2.24) is 10.2 Å². The van der Waals surface area contributed by atoms with Gasteiger partial charge in [-0.1, -0.05) is 0 Å². The number of nitrogens with zero attached hydrogens (tertiary/aromatic N) is 3. The molecule has 0 N–H and O–H groups in total. The fourth-order valence-electron chi connectivity index (χ4n) is 1.69. The van der Waals surface area contributed by atoms with E-state index in [0.29, 0.717) is 17.7 Å². The number of alkyl halides is 2. The highest BCUT2D eigenvalue weighted by Crippen LogP contribution is 2.21. The Morgan fingerprint density at radius 2 is 1.72 bits per heavy atom. The second-order valence-corrected chi connectivity index (χ2v) is 4.41. The van der Waals surface area contributed by atoms with Crippen LogP contribution in [0.4, 0.5) is 5.69 Å². The van der Waals surface area contributed by atoms with E-state index < -0.39 is 0 Å². The molecule has 0 bridgehead atoms. The number of anilines is 1. The normalized spacial score (nSPS) is 10.6. The highest BCUT2D eigenvalue weighted by atomic mass is 35.5. The number of aromatic nitrogens is 2. The van der Waals surface area contributed by atoms with Gasteiger partial charge in [-0.3, -0.25) is 0 Å². The van der Waals surface area contributed by atoms with Crippen LogP contribution in [0, 0.1) is 0 Å². The highest BCUT2D eigenvalue weighted by Gasteiger charge is 2.07. The Hall–Kier alpha value is -1.26. The van der Waals surface area contributed by atoms with Gasteiger partial charge in [0, 0.05) is 36.1 Å². The van der Waals surface area contributed by atoms with Gasteiger partial charge in [0.15, 0.2) is 0 Å². The summed E-state index contributed by atoms with van der Waals surface area (Å²) < 4.78 is 5.14. The Morgan fingerprint density at radius 1 is 1.06 bits per heavy atom. The van der Waals surface area contributed by atoms with Gasteiger partial charge in [-0.15, -0.1) is 33.4 Å². The van der Waals surface area contributed by atoms with Gasteiger partial charge in [-0.2, -0.15) is 0 Å². The van der Waals surface area contributed by atoms with E-state index in [-0.39, 0.29) is 0 Å². The molecule has 0 spiro atoms. The fourth-order valence-corrected chi connectivity index (χ4v) is 2.10. The van der Waals surface area contributed by atoms with Crippen LogP contribution in [-0.4, -0.2) is 35.0 Å². The molecule has 18 heavy (non-hydrogen) atoms. The molecule has 0 aliphatic rings. The van der Waals surface area contributed by atoms with Gasteiger partial charge in [-0.05, 0) is 24.3 Å². The summed E-state index contributed by atoms with van der Waals surface area (Å²) in [4.78, 5) is 2.14. The highest BCUT2D eigenvalue weighted by molar-refractivity contribution is 6.18. The van der Waals surface area contributed by atoms with Crippen molar-refractivity contribution in [2.45, 2.75) is 0 Å². The summed E-state index contributed by atoms with van der Waals surface area (Å²) in [5.41, 5.74) is 1.98. The Kier molecular flexibility index (Phi) is 4.84. The van der Waals surface area contributed by atoms with E-state index in [9.17, 15) is 0 Å². The van der Waals surface area contributed by atoms with Gasteiger partial charge in [0.1, 0.15) is 0 Å². The van der Waals surface area contributed by atoms with Gasteiger partial charge in [0.25, 0.3) is 0 Å². The van der Waals surface area contributed by atoms with Crippen molar-refractivity contribution in [3.05, 3.63) is 30.7 Å². The number of halogens is 2. The van der Waals surface area contributed by atoms with E-state index in [2.05, 4.69) is 15.1 Å². The van der Waals surface area contributed by atoms with Crippen LogP contribution < -0.4 is 4.90 Å². The average molecular weight is 286 g/mol. The lowest BCUT2D eigenvalue weighted by Gasteiger charge is -2.22. The molecule has 1 aromatic carbocycles. The molecule has 2 aromatic rings. The van der Waals surface area contributed by atoms with Crippen molar-refractivity contribution >= 4 is 28.9 Å². The first kappa shape index (κ1) is 13.2. The van der Waals surface area contributed by atoms with Gasteiger partial charge in [-0.25, -0.2) is 0 Å². The average Bonchev–Trinajstić information content (AvgIpc) is 2.93. The maximum atomic E-state index is 5.78. The molecule has 4 nitrogen and oxygen atoms in total. The summed E-state index contributed by atoms with van der Waals surface area (Å²) in [6.45, 7) is 1.54. The van der Waals surface area contributed by atoms with Crippen LogP contribution in [0.25, 0.3) is 11.5 Å². The lowest BCUT2D eigenvalue weighted by molar-refractivity contribution is 0.568. The number of rotatable bonds is 6. The van der Waals surface area contributed by atoms with Crippen LogP contribution in [0.2, 0.25) is 0 Å². The van der Waals surface area contributed by atoms with Gasteiger partial charge in [0.2, 0.25) is 12.3 Å². The standard InChI is InChI=1S/C12H13Cl2N3O/c13-5-7-17(8-6-14)11-3-1-10(2-4-11)12-16-15-9-18-12/h1-4,9H,5-8H2. The van der Waals surface area contributed by atoms with E-state index in [1.165, 1.54) is 6.39 Å². The third kappa shape index (κ3) is 3.15. The first-order chi connectivity index (χ1) is 8.85. The Bertz CT molecular complexity index is 453. The van der Waals surface area contributed by atoms with E-state index in [1.54, 1.807) is 0 Å². The molecular formula is C12H13Cl2N3O. The second-order valence-electron chi connectivity index (χ2n) is 3.66. The molecule has 0 atom stereocenters. The number of benzene rings is 1. The SMILES string of the molecule is ClCCN(CCCl)c1ccc(-c2nnco2)cc1. The van der Waals surface area contributed by atoms with Crippen molar-refractivity contribution < 1.29 is 4.42 Å². The quantitative estimate of drug-likeness (QED) is 0.765. The first-order valence-electron chi connectivity index (χ1n) is 5.58. The van der Waals surface area contributed by atoms with Gasteiger partial charge < -0.3 is 9.32 Å². The maximum Gasteiger partial charge on any atom is 0.247 e. The molecule has 0 saturated carbocycles. The van der Waals surface area contributed by atoms with Gasteiger partial charge >= 0.3 is 0 Å². The zero-order valence-corrected chi connectivity index (χ0v) is 11.2. The summed E-state index contributed by atoms with van der Waals surface area (Å²) in [7, 11) is 0. The molecule has 96 valence electrons. The van der Waals surface area contributed by atoms with Crippen molar-refractivity contribution in [3.63, 3.8) is 0 Å². The van der Waals surface area contributed by atoms with E-state index in [1.807, 2.05) is 24.3 Å². The summed E-state index contributed by atoms with van der Waals surface area (Å²) >= 11 is 11.6. The van der Waals surface area contributed by atoms with Crippen LogP contribution in [0.15, 0.2) is 35.1 Å². The minimum atomic E-state index is 0.516. The minimum absolute atomic E-state index is 0.516. The zero-order chi connectivity index (χ0) is 12.8. The molecule has 1 aromatic heterocycles. The molecular weight excluding hydrogens is 273 g/mol. The lowest BCUT2D eigenvalue weighted by Crippen LogP contribution is -2.27. The van der Waals surface area contributed by atoms with Crippen LogP contribution >= 0.6 is 23.2 Å². The minimum Gasteiger partial charge on any atom is -0.423 e. The first-order valence-corrected chi connectivity index (χ1v) is 6.65. The van der Waals surface area contributed by atoms with Gasteiger partial charge in [0.05, 0.1) is 0 Å². The smallest absolute Gasteiger partial charge is 0.247 e. The monoisotopic (exact) mass is 285 g/mol. The molecule has 0 aliphatic carbocycles. The molecule has 0 aliphatic heterocycles. The largest absolute Gasteiger partial charge is 0.423 e. The fraction of sp³-hybridized carbons (Fsp3) is 0.333. The molecule has 0 saturated heterocycles. The predicted molar refractivity (Wildman–Crippen MR) is 73.4 cm³/mol. The third-order valence-corrected chi connectivity index (χ3v) is 2.89. The van der Waals surface area contributed by atoms with E-state index in [4.69, 9.17) is 27.6 Å². The predicted octanol–water partition coefficient (Wildman–Crippen LogP) is 3.02. The summed E-state index contributed by atoms with van der Waals surface area (Å²) in [6.07, 6.45) is 1.32.